The lowest BCUT2D eigenvalue weighted by Gasteiger charge is -2.06. The number of amides is 2. The second-order valence-corrected chi connectivity index (χ2v) is 5.00. The number of rotatable bonds is 5. The summed E-state index contributed by atoms with van der Waals surface area (Å²) < 4.78 is 5.13. The van der Waals surface area contributed by atoms with Crippen molar-refractivity contribution in [2.75, 3.05) is 7.11 Å². The smallest absolute Gasteiger partial charge is 0.319 e. The first-order chi connectivity index (χ1) is 10.7. The molecule has 2 aromatic rings. The van der Waals surface area contributed by atoms with E-state index in [2.05, 4.69) is 10.6 Å². The maximum atomic E-state index is 11.7. The molecule has 0 aliphatic carbocycles. The van der Waals surface area contributed by atoms with Gasteiger partial charge in [0.15, 0.2) is 0 Å². The number of carbonyl (C=O) groups excluding carboxylic acids is 1. The fourth-order valence-electron chi connectivity index (χ4n) is 1.84. The Labute approximate surface area is 134 Å². The van der Waals surface area contributed by atoms with Crippen LogP contribution in [0.5, 0.6) is 5.75 Å². The van der Waals surface area contributed by atoms with Crippen LogP contribution in [0.15, 0.2) is 54.7 Å². The number of methoxy groups -OCH3 is 1. The molecule has 0 unspecified atom stereocenters. The lowest BCUT2D eigenvalue weighted by Crippen LogP contribution is -2.31. The summed E-state index contributed by atoms with van der Waals surface area (Å²) in [5, 5.41) is 6.07. The van der Waals surface area contributed by atoms with E-state index in [-0.39, 0.29) is 6.03 Å². The lowest BCUT2D eigenvalue weighted by atomic mass is 10.2. The molecule has 0 saturated heterocycles. The molecule has 4 nitrogen and oxygen atoms in total. The van der Waals surface area contributed by atoms with Crippen LogP contribution in [0.25, 0.3) is 6.08 Å². The third kappa shape index (κ3) is 5.14. The highest BCUT2D eigenvalue weighted by molar-refractivity contribution is 6.30. The predicted molar refractivity (Wildman–Crippen MR) is 88.9 cm³/mol. The van der Waals surface area contributed by atoms with Crippen molar-refractivity contribution >= 4 is 23.7 Å². The van der Waals surface area contributed by atoms with Gasteiger partial charge in [0.05, 0.1) is 7.11 Å². The fraction of sp³-hybridized carbons (Fsp3) is 0.118. The topological polar surface area (TPSA) is 50.4 Å². The van der Waals surface area contributed by atoms with Crippen molar-refractivity contribution < 1.29 is 9.53 Å². The SMILES string of the molecule is COc1cccc(CNC(=O)N/C=C/c2cccc(Cl)c2)c1. The minimum absolute atomic E-state index is 0.277. The molecule has 0 atom stereocenters. The molecule has 22 heavy (non-hydrogen) atoms. The normalized spacial score (nSPS) is 10.5. The maximum Gasteiger partial charge on any atom is 0.319 e. The number of urea groups is 1. The van der Waals surface area contributed by atoms with Gasteiger partial charge >= 0.3 is 6.03 Å². The van der Waals surface area contributed by atoms with Gasteiger partial charge in [-0.05, 0) is 41.5 Å². The second-order valence-electron chi connectivity index (χ2n) is 4.57. The Morgan fingerprint density at radius 1 is 1.23 bits per heavy atom. The second kappa shape index (κ2) is 8.10. The number of hydrogen-bond donors (Lipinski definition) is 2. The quantitative estimate of drug-likeness (QED) is 0.881. The molecule has 2 rings (SSSR count). The van der Waals surface area contributed by atoms with Crippen LogP contribution in [0.4, 0.5) is 4.79 Å². The molecule has 0 aromatic heterocycles. The average molecular weight is 317 g/mol. The van der Waals surface area contributed by atoms with Gasteiger partial charge in [0, 0.05) is 17.8 Å². The summed E-state index contributed by atoms with van der Waals surface area (Å²) in [5.41, 5.74) is 1.88. The van der Waals surface area contributed by atoms with E-state index in [1.807, 2.05) is 42.5 Å². The van der Waals surface area contributed by atoms with E-state index in [9.17, 15) is 4.79 Å². The van der Waals surface area contributed by atoms with Gasteiger partial charge in [-0.3, -0.25) is 0 Å². The third-order valence-corrected chi connectivity index (χ3v) is 3.16. The zero-order valence-electron chi connectivity index (χ0n) is 12.2. The monoisotopic (exact) mass is 316 g/mol. The van der Waals surface area contributed by atoms with E-state index < -0.39 is 0 Å². The van der Waals surface area contributed by atoms with Gasteiger partial charge in [0.25, 0.3) is 0 Å². The van der Waals surface area contributed by atoms with Crippen LogP contribution in [0.2, 0.25) is 5.02 Å². The number of halogens is 1. The van der Waals surface area contributed by atoms with Crippen molar-refractivity contribution in [3.8, 4) is 5.75 Å². The molecule has 114 valence electrons. The van der Waals surface area contributed by atoms with Crippen molar-refractivity contribution in [3.63, 3.8) is 0 Å². The van der Waals surface area contributed by atoms with Crippen molar-refractivity contribution in [2.24, 2.45) is 0 Å². The summed E-state index contributed by atoms with van der Waals surface area (Å²) in [7, 11) is 1.61. The predicted octanol–water partition coefficient (Wildman–Crippen LogP) is 3.82. The first kappa shape index (κ1) is 15.9. The summed E-state index contributed by atoms with van der Waals surface area (Å²) in [6.45, 7) is 0.425. The number of nitrogens with one attached hydrogen (secondary N) is 2. The molecular weight excluding hydrogens is 300 g/mol. The highest BCUT2D eigenvalue weighted by Gasteiger charge is 1.99. The highest BCUT2D eigenvalue weighted by atomic mass is 35.5. The molecule has 0 aliphatic heterocycles. The summed E-state index contributed by atoms with van der Waals surface area (Å²) >= 11 is 5.88. The van der Waals surface area contributed by atoms with Crippen LogP contribution in [0.1, 0.15) is 11.1 Å². The number of carbonyl (C=O) groups is 1. The summed E-state index contributed by atoms with van der Waals surface area (Å²) in [6.07, 6.45) is 3.35. The van der Waals surface area contributed by atoms with Gasteiger partial charge in [-0.1, -0.05) is 35.9 Å². The van der Waals surface area contributed by atoms with E-state index in [1.165, 1.54) is 0 Å². The minimum atomic E-state index is -0.277. The minimum Gasteiger partial charge on any atom is -0.497 e. The first-order valence-corrected chi connectivity index (χ1v) is 7.14. The molecule has 0 heterocycles. The Morgan fingerprint density at radius 2 is 2.05 bits per heavy atom. The summed E-state index contributed by atoms with van der Waals surface area (Å²) in [4.78, 5) is 11.7. The molecule has 0 radical (unpaired) electrons. The van der Waals surface area contributed by atoms with Gasteiger partial charge in [0.1, 0.15) is 5.75 Å². The molecule has 2 amide bonds. The van der Waals surface area contributed by atoms with Crippen LogP contribution in [0, 0.1) is 0 Å². The molecule has 2 aromatic carbocycles. The van der Waals surface area contributed by atoms with Crippen molar-refractivity contribution in [1.82, 2.24) is 10.6 Å². The molecule has 0 saturated carbocycles. The fourth-order valence-corrected chi connectivity index (χ4v) is 2.04. The maximum absolute atomic E-state index is 11.7. The molecule has 0 fully saturated rings. The van der Waals surface area contributed by atoms with Crippen LogP contribution < -0.4 is 15.4 Å². The molecule has 0 aliphatic rings. The van der Waals surface area contributed by atoms with E-state index in [1.54, 1.807) is 25.5 Å². The van der Waals surface area contributed by atoms with Crippen molar-refractivity contribution in [2.45, 2.75) is 6.54 Å². The number of hydrogen-bond acceptors (Lipinski definition) is 2. The van der Waals surface area contributed by atoms with Crippen LogP contribution in [0.3, 0.4) is 0 Å². The van der Waals surface area contributed by atoms with Gasteiger partial charge < -0.3 is 15.4 Å². The molecule has 0 bridgehead atoms. The summed E-state index contributed by atoms with van der Waals surface area (Å²) in [5.74, 6) is 0.764. The van der Waals surface area contributed by atoms with Crippen molar-refractivity contribution in [3.05, 3.63) is 70.9 Å². The number of ether oxygens (including phenoxy) is 1. The van der Waals surface area contributed by atoms with Crippen LogP contribution in [-0.2, 0) is 6.54 Å². The Kier molecular flexibility index (Phi) is 5.86. The van der Waals surface area contributed by atoms with Crippen LogP contribution >= 0.6 is 11.6 Å². The zero-order chi connectivity index (χ0) is 15.8. The molecule has 5 heteroatoms. The summed E-state index contributed by atoms with van der Waals surface area (Å²) in [6, 6.07) is 14.6. The standard InChI is InChI=1S/C17H17ClN2O2/c1-22-16-7-3-5-14(11-16)12-20-17(21)19-9-8-13-4-2-6-15(18)10-13/h2-11H,12H2,1H3,(H2,19,20,21)/b9-8+. The molecule has 2 N–H and O–H groups in total. The van der Waals surface area contributed by atoms with E-state index in [4.69, 9.17) is 16.3 Å². The largest absolute Gasteiger partial charge is 0.497 e. The van der Waals surface area contributed by atoms with E-state index in [0.29, 0.717) is 11.6 Å². The first-order valence-electron chi connectivity index (χ1n) is 6.77. The number of benzene rings is 2. The molecular formula is C17H17ClN2O2. The Morgan fingerprint density at radius 3 is 2.82 bits per heavy atom. The van der Waals surface area contributed by atoms with Crippen molar-refractivity contribution in [1.29, 1.82) is 0 Å². The van der Waals surface area contributed by atoms with Crippen LogP contribution in [-0.4, -0.2) is 13.1 Å². The average Bonchev–Trinajstić information content (AvgIpc) is 2.53. The lowest BCUT2D eigenvalue weighted by molar-refractivity contribution is 0.244. The van der Waals surface area contributed by atoms with Gasteiger partial charge in [-0.2, -0.15) is 0 Å². The highest BCUT2D eigenvalue weighted by Crippen LogP contribution is 2.12. The Hall–Kier alpha value is -2.46. The Balaban J connectivity index is 1.80. The third-order valence-electron chi connectivity index (χ3n) is 2.93. The van der Waals surface area contributed by atoms with Gasteiger partial charge in [-0.15, -0.1) is 0 Å². The Bertz CT molecular complexity index is 671. The van der Waals surface area contributed by atoms with E-state index >= 15 is 0 Å². The van der Waals surface area contributed by atoms with Gasteiger partial charge in [-0.25, -0.2) is 4.79 Å². The molecule has 0 spiro atoms. The zero-order valence-corrected chi connectivity index (χ0v) is 12.9. The van der Waals surface area contributed by atoms with Gasteiger partial charge in [0.2, 0.25) is 0 Å². The van der Waals surface area contributed by atoms with E-state index in [0.717, 1.165) is 16.9 Å².